The van der Waals surface area contributed by atoms with Gasteiger partial charge in [0.15, 0.2) is 12.1 Å². The van der Waals surface area contributed by atoms with Crippen LogP contribution in [0.25, 0.3) is 0 Å². The third kappa shape index (κ3) is 1.17. The van der Waals surface area contributed by atoms with Crippen LogP contribution >= 0.6 is 0 Å². The van der Waals surface area contributed by atoms with E-state index in [4.69, 9.17) is 9.47 Å². The van der Waals surface area contributed by atoms with Gasteiger partial charge >= 0.3 is 0 Å². The first kappa shape index (κ1) is 8.20. The van der Waals surface area contributed by atoms with E-state index < -0.39 is 5.79 Å². The van der Waals surface area contributed by atoms with E-state index in [1.54, 1.807) is 0 Å². The van der Waals surface area contributed by atoms with Crippen molar-refractivity contribution in [2.75, 3.05) is 0 Å². The molecule has 0 aromatic rings. The van der Waals surface area contributed by atoms with Crippen LogP contribution in [0.4, 0.5) is 0 Å². The maximum atomic E-state index is 10.6. The van der Waals surface area contributed by atoms with Crippen molar-refractivity contribution in [3.8, 4) is 0 Å². The molecule has 0 radical (unpaired) electrons. The summed E-state index contributed by atoms with van der Waals surface area (Å²) < 4.78 is 11.2. The molecule has 0 aromatic carbocycles. The van der Waals surface area contributed by atoms with Gasteiger partial charge in [-0.2, -0.15) is 0 Å². The second-order valence-corrected chi connectivity index (χ2v) is 3.66. The third-order valence-electron chi connectivity index (χ3n) is 2.71. The average molecular weight is 170 g/mol. The van der Waals surface area contributed by atoms with Crippen molar-refractivity contribution in [2.45, 2.75) is 50.6 Å². The molecule has 3 nitrogen and oxygen atoms in total. The molecule has 0 amide bonds. The quantitative estimate of drug-likeness (QED) is 0.556. The molecular weight excluding hydrogens is 156 g/mol. The van der Waals surface area contributed by atoms with Gasteiger partial charge in [-0.05, 0) is 19.8 Å². The van der Waals surface area contributed by atoms with E-state index in [9.17, 15) is 4.79 Å². The zero-order valence-corrected chi connectivity index (χ0v) is 7.29. The maximum Gasteiger partial charge on any atom is 0.169 e. The van der Waals surface area contributed by atoms with Crippen LogP contribution in [0, 0.1) is 0 Å². The maximum absolute atomic E-state index is 10.6. The topological polar surface area (TPSA) is 35.5 Å². The summed E-state index contributed by atoms with van der Waals surface area (Å²) in [6.07, 6.45) is 4.63. The fourth-order valence-corrected chi connectivity index (χ4v) is 2.07. The summed E-state index contributed by atoms with van der Waals surface area (Å²) in [5.41, 5.74) is 0. The molecule has 0 bridgehead atoms. The van der Waals surface area contributed by atoms with E-state index in [1.807, 2.05) is 6.92 Å². The van der Waals surface area contributed by atoms with Crippen molar-refractivity contribution in [1.29, 1.82) is 0 Å². The minimum absolute atomic E-state index is 0.0689. The van der Waals surface area contributed by atoms with Crippen molar-refractivity contribution in [1.82, 2.24) is 0 Å². The van der Waals surface area contributed by atoms with Gasteiger partial charge in [-0.1, -0.05) is 0 Å². The number of carbonyl (C=O) groups excluding carboxylic acids is 1. The van der Waals surface area contributed by atoms with E-state index in [1.165, 1.54) is 0 Å². The van der Waals surface area contributed by atoms with Crippen LogP contribution in [0.5, 0.6) is 0 Å². The molecule has 1 spiro atoms. The van der Waals surface area contributed by atoms with Gasteiger partial charge < -0.3 is 14.3 Å². The molecule has 1 aliphatic heterocycles. The van der Waals surface area contributed by atoms with Crippen LogP contribution in [0.1, 0.15) is 32.6 Å². The monoisotopic (exact) mass is 170 g/mol. The second kappa shape index (κ2) is 2.82. The molecule has 2 aliphatic rings. The van der Waals surface area contributed by atoms with Gasteiger partial charge in [0.2, 0.25) is 0 Å². The van der Waals surface area contributed by atoms with Crippen LogP contribution in [0.15, 0.2) is 0 Å². The van der Waals surface area contributed by atoms with E-state index >= 15 is 0 Å². The number of carbonyl (C=O) groups is 1. The zero-order valence-electron chi connectivity index (χ0n) is 7.29. The predicted octanol–water partition coefficient (Wildman–Crippen LogP) is 1.26. The Balaban J connectivity index is 2.08. The highest BCUT2D eigenvalue weighted by molar-refractivity contribution is 5.57. The second-order valence-electron chi connectivity index (χ2n) is 3.66. The lowest BCUT2D eigenvalue weighted by Gasteiger charge is -2.21. The highest BCUT2D eigenvalue weighted by atomic mass is 16.8. The first-order valence-electron chi connectivity index (χ1n) is 4.57. The lowest BCUT2D eigenvalue weighted by molar-refractivity contribution is -0.168. The third-order valence-corrected chi connectivity index (χ3v) is 2.71. The molecule has 68 valence electrons. The average Bonchev–Trinajstić information content (AvgIpc) is 2.60. The summed E-state index contributed by atoms with van der Waals surface area (Å²) in [6, 6.07) is 0. The van der Waals surface area contributed by atoms with E-state index in [0.717, 1.165) is 32.0 Å². The first-order valence-corrected chi connectivity index (χ1v) is 4.57. The Morgan fingerprint density at radius 3 is 2.50 bits per heavy atom. The number of hydrogen-bond acceptors (Lipinski definition) is 3. The molecule has 3 heteroatoms. The molecule has 0 aromatic heterocycles. The largest absolute Gasteiger partial charge is 0.344 e. The fourth-order valence-electron chi connectivity index (χ4n) is 2.07. The molecule has 1 heterocycles. The van der Waals surface area contributed by atoms with Crippen molar-refractivity contribution < 1.29 is 14.3 Å². The van der Waals surface area contributed by atoms with Crippen molar-refractivity contribution in [3.63, 3.8) is 0 Å². The number of aldehydes is 1. The van der Waals surface area contributed by atoms with Gasteiger partial charge in [0.05, 0.1) is 6.10 Å². The van der Waals surface area contributed by atoms with E-state index in [-0.39, 0.29) is 12.2 Å². The summed E-state index contributed by atoms with van der Waals surface area (Å²) in [7, 11) is 0. The molecule has 1 saturated carbocycles. The molecule has 0 unspecified atom stereocenters. The minimum Gasteiger partial charge on any atom is -0.344 e. The molecular formula is C9H14O3. The Morgan fingerprint density at radius 1 is 1.33 bits per heavy atom. The smallest absolute Gasteiger partial charge is 0.169 e. The zero-order chi connectivity index (χ0) is 8.60. The Hall–Kier alpha value is -0.410. The highest BCUT2D eigenvalue weighted by Gasteiger charge is 2.47. The lowest BCUT2D eigenvalue weighted by Crippen LogP contribution is -2.26. The molecule has 1 saturated heterocycles. The fraction of sp³-hybridized carbons (Fsp3) is 0.889. The van der Waals surface area contributed by atoms with Crippen LogP contribution in [0.3, 0.4) is 0 Å². The Labute approximate surface area is 72.0 Å². The normalized spacial score (nSPS) is 39.1. The first-order chi connectivity index (χ1) is 5.76. The van der Waals surface area contributed by atoms with Crippen molar-refractivity contribution in [2.24, 2.45) is 0 Å². The lowest BCUT2D eigenvalue weighted by atomic mass is 10.2. The summed E-state index contributed by atoms with van der Waals surface area (Å²) in [4.78, 5) is 10.6. The predicted molar refractivity (Wildman–Crippen MR) is 42.7 cm³/mol. The Bertz CT molecular complexity index is 184. The Morgan fingerprint density at radius 2 is 2.00 bits per heavy atom. The highest BCUT2D eigenvalue weighted by Crippen LogP contribution is 2.41. The number of rotatable bonds is 1. The molecule has 1 aliphatic carbocycles. The van der Waals surface area contributed by atoms with Gasteiger partial charge in [-0.3, -0.25) is 0 Å². The van der Waals surface area contributed by atoms with E-state index in [0.29, 0.717) is 0 Å². The standard InChI is InChI=1S/C9H14O3/c1-7-8(6-10)12-9(11-7)4-2-3-5-9/h6-8H,2-5H2,1H3/t7-,8-/m1/s1. The van der Waals surface area contributed by atoms with Crippen molar-refractivity contribution >= 4 is 6.29 Å². The van der Waals surface area contributed by atoms with Gasteiger partial charge in [0.1, 0.15) is 6.10 Å². The molecule has 2 atom stereocenters. The minimum atomic E-state index is -0.398. The SMILES string of the molecule is C[C@H]1OC2(CCCC2)O[C@@H]1C=O. The molecule has 12 heavy (non-hydrogen) atoms. The van der Waals surface area contributed by atoms with Crippen LogP contribution in [-0.4, -0.2) is 24.3 Å². The van der Waals surface area contributed by atoms with E-state index in [2.05, 4.69) is 0 Å². The van der Waals surface area contributed by atoms with Crippen LogP contribution < -0.4 is 0 Å². The van der Waals surface area contributed by atoms with Gasteiger partial charge in [-0.15, -0.1) is 0 Å². The summed E-state index contributed by atoms with van der Waals surface area (Å²) >= 11 is 0. The van der Waals surface area contributed by atoms with Gasteiger partial charge in [-0.25, -0.2) is 0 Å². The number of hydrogen-bond donors (Lipinski definition) is 0. The summed E-state index contributed by atoms with van der Waals surface area (Å²) in [5, 5.41) is 0. The Kier molecular flexibility index (Phi) is 1.93. The molecule has 0 N–H and O–H groups in total. The summed E-state index contributed by atoms with van der Waals surface area (Å²) in [6.45, 7) is 1.89. The van der Waals surface area contributed by atoms with Gasteiger partial charge in [0.25, 0.3) is 0 Å². The van der Waals surface area contributed by atoms with Crippen molar-refractivity contribution in [3.05, 3.63) is 0 Å². The van der Waals surface area contributed by atoms with Crippen LogP contribution in [-0.2, 0) is 14.3 Å². The van der Waals surface area contributed by atoms with Gasteiger partial charge in [0, 0.05) is 12.8 Å². The number of ether oxygens (including phenoxy) is 2. The van der Waals surface area contributed by atoms with Crippen LogP contribution in [0.2, 0.25) is 0 Å². The summed E-state index contributed by atoms with van der Waals surface area (Å²) in [5.74, 6) is -0.398. The molecule has 2 fully saturated rings. The molecule has 2 rings (SSSR count).